The lowest BCUT2D eigenvalue weighted by atomic mass is 9.90. The lowest BCUT2D eigenvalue weighted by Gasteiger charge is -2.28. The summed E-state index contributed by atoms with van der Waals surface area (Å²) in [5.74, 6) is 0.185. The quantitative estimate of drug-likeness (QED) is 0.892. The van der Waals surface area contributed by atoms with Crippen molar-refractivity contribution in [3.8, 4) is 0 Å². The molecular formula is C17H25N3O. The van der Waals surface area contributed by atoms with Crippen LogP contribution in [-0.2, 0) is 4.79 Å². The van der Waals surface area contributed by atoms with Crippen LogP contribution in [0.25, 0.3) is 0 Å². The van der Waals surface area contributed by atoms with Crippen molar-refractivity contribution in [1.82, 2.24) is 10.2 Å². The number of anilines is 1. The molecule has 0 spiro atoms. The van der Waals surface area contributed by atoms with Crippen LogP contribution in [0.1, 0.15) is 37.2 Å². The van der Waals surface area contributed by atoms with E-state index in [9.17, 15) is 4.79 Å². The van der Waals surface area contributed by atoms with E-state index in [1.165, 1.54) is 32.4 Å². The second-order valence-electron chi connectivity index (χ2n) is 6.05. The molecule has 0 aromatic heterocycles. The number of piperidine rings is 1. The van der Waals surface area contributed by atoms with Crippen LogP contribution >= 0.6 is 0 Å². The first kappa shape index (κ1) is 14.4. The third-order valence-corrected chi connectivity index (χ3v) is 4.58. The molecule has 2 N–H and O–H groups in total. The summed E-state index contributed by atoms with van der Waals surface area (Å²) in [5, 5.41) is 6.50. The maximum atomic E-state index is 12.4. The zero-order chi connectivity index (χ0) is 14.5. The second kappa shape index (κ2) is 6.94. The fourth-order valence-electron chi connectivity index (χ4n) is 3.38. The Hall–Kier alpha value is -1.55. The molecule has 1 unspecified atom stereocenters. The van der Waals surface area contributed by atoms with Crippen molar-refractivity contribution in [1.29, 1.82) is 0 Å². The van der Waals surface area contributed by atoms with E-state index >= 15 is 0 Å². The summed E-state index contributed by atoms with van der Waals surface area (Å²) in [6.07, 6.45) is 4.84. The normalized spacial score (nSPS) is 22.2. The van der Waals surface area contributed by atoms with Gasteiger partial charge in [-0.1, -0.05) is 24.6 Å². The van der Waals surface area contributed by atoms with Crippen molar-refractivity contribution in [2.45, 2.75) is 31.6 Å². The van der Waals surface area contributed by atoms with Gasteiger partial charge in [0.25, 0.3) is 0 Å². The van der Waals surface area contributed by atoms with Crippen LogP contribution in [0.2, 0.25) is 0 Å². The molecule has 0 saturated carbocycles. The standard InChI is InChI=1S/C17H25N3O/c21-17(19-10-13-20-11-4-1-5-12-20)15-8-9-18-16-7-3-2-6-14(15)16/h2-3,6-7,15,18H,1,4-5,8-13H2,(H,19,21). The Morgan fingerprint density at radius 3 is 2.90 bits per heavy atom. The zero-order valence-corrected chi connectivity index (χ0v) is 12.6. The molecule has 4 heteroatoms. The first-order chi connectivity index (χ1) is 10.3. The Bertz CT molecular complexity index is 483. The summed E-state index contributed by atoms with van der Waals surface area (Å²) in [6.45, 7) is 5.00. The van der Waals surface area contributed by atoms with Crippen molar-refractivity contribution in [2.75, 3.05) is 38.0 Å². The number of amides is 1. The first-order valence-corrected chi connectivity index (χ1v) is 8.17. The van der Waals surface area contributed by atoms with Gasteiger partial charge >= 0.3 is 0 Å². The molecule has 1 amide bonds. The van der Waals surface area contributed by atoms with Crippen LogP contribution < -0.4 is 10.6 Å². The molecule has 1 aromatic carbocycles. The van der Waals surface area contributed by atoms with Gasteiger partial charge in [0.15, 0.2) is 0 Å². The Kier molecular flexibility index (Phi) is 4.76. The van der Waals surface area contributed by atoms with Gasteiger partial charge in [-0.15, -0.1) is 0 Å². The number of nitrogens with one attached hydrogen (secondary N) is 2. The predicted octanol–water partition coefficient (Wildman–Crippen LogP) is 2.19. The number of benzene rings is 1. The van der Waals surface area contributed by atoms with Gasteiger partial charge in [-0.2, -0.15) is 0 Å². The van der Waals surface area contributed by atoms with Gasteiger partial charge in [-0.05, 0) is 44.0 Å². The van der Waals surface area contributed by atoms with Crippen LogP contribution in [0, 0.1) is 0 Å². The maximum absolute atomic E-state index is 12.4. The van der Waals surface area contributed by atoms with E-state index in [-0.39, 0.29) is 11.8 Å². The molecule has 0 aliphatic carbocycles. The van der Waals surface area contributed by atoms with Gasteiger partial charge in [-0.3, -0.25) is 4.79 Å². The lowest BCUT2D eigenvalue weighted by Crippen LogP contribution is -2.40. The SMILES string of the molecule is O=C(NCCN1CCCCC1)C1CCNc2ccccc21. The largest absolute Gasteiger partial charge is 0.385 e. The highest BCUT2D eigenvalue weighted by Gasteiger charge is 2.25. The van der Waals surface area contributed by atoms with Gasteiger partial charge in [0.05, 0.1) is 5.92 Å². The number of fused-ring (bicyclic) bond motifs is 1. The molecule has 2 heterocycles. The average Bonchev–Trinajstić information content (AvgIpc) is 2.55. The summed E-state index contributed by atoms with van der Waals surface area (Å²) in [5.41, 5.74) is 2.25. The van der Waals surface area contributed by atoms with E-state index in [1.807, 2.05) is 12.1 Å². The van der Waals surface area contributed by atoms with E-state index in [2.05, 4.69) is 27.7 Å². The fraction of sp³-hybridized carbons (Fsp3) is 0.588. The summed E-state index contributed by atoms with van der Waals surface area (Å²) < 4.78 is 0. The van der Waals surface area contributed by atoms with Crippen LogP contribution in [0.3, 0.4) is 0 Å². The highest BCUT2D eigenvalue weighted by atomic mass is 16.1. The van der Waals surface area contributed by atoms with E-state index in [4.69, 9.17) is 0 Å². The first-order valence-electron chi connectivity index (χ1n) is 8.17. The highest BCUT2D eigenvalue weighted by Crippen LogP contribution is 2.31. The summed E-state index contributed by atoms with van der Waals surface area (Å²) >= 11 is 0. The molecular weight excluding hydrogens is 262 g/mol. The van der Waals surface area contributed by atoms with Gasteiger partial charge in [0.1, 0.15) is 0 Å². The molecule has 1 saturated heterocycles. The molecule has 21 heavy (non-hydrogen) atoms. The smallest absolute Gasteiger partial charge is 0.227 e. The third kappa shape index (κ3) is 3.56. The van der Waals surface area contributed by atoms with Crippen molar-refractivity contribution < 1.29 is 4.79 Å². The van der Waals surface area contributed by atoms with Gasteiger partial charge < -0.3 is 15.5 Å². The van der Waals surface area contributed by atoms with Crippen LogP contribution in [0.4, 0.5) is 5.69 Å². The van der Waals surface area contributed by atoms with Crippen LogP contribution in [0.15, 0.2) is 24.3 Å². The topological polar surface area (TPSA) is 44.4 Å². The fourth-order valence-corrected chi connectivity index (χ4v) is 3.38. The van der Waals surface area contributed by atoms with Gasteiger partial charge in [0.2, 0.25) is 5.91 Å². The molecule has 2 aliphatic rings. The molecule has 3 rings (SSSR count). The minimum absolute atomic E-state index is 0.00352. The number of carbonyl (C=O) groups excluding carboxylic acids is 1. The number of para-hydroxylation sites is 1. The minimum atomic E-state index is 0.00352. The summed E-state index contributed by atoms with van der Waals surface area (Å²) in [7, 11) is 0. The van der Waals surface area contributed by atoms with Gasteiger partial charge in [-0.25, -0.2) is 0 Å². The lowest BCUT2D eigenvalue weighted by molar-refractivity contribution is -0.122. The second-order valence-corrected chi connectivity index (χ2v) is 6.05. The molecule has 1 fully saturated rings. The Morgan fingerprint density at radius 1 is 1.24 bits per heavy atom. The summed E-state index contributed by atoms with van der Waals surface area (Å²) in [4.78, 5) is 14.9. The number of hydrogen-bond acceptors (Lipinski definition) is 3. The van der Waals surface area contributed by atoms with E-state index in [0.717, 1.165) is 37.3 Å². The zero-order valence-electron chi connectivity index (χ0n) is 12.6. The van der Waals surface area contributed by atoms with Crippen molar-refractivity contribution >= 4 is 11.6 Å². The number of nitrogens with zero attached hydrogens (tertiary/aromatic N) is 1. The average molecular weight is 287 g/mol. The van der Waals surface area contributed by atoms with E-state index in [0.29, 0.717) is 0 Å². The van der Waals surface area contributed by atoms with Crippen molar-refractivity contribution in [2.24, 2.45) is 0 Å². The number of likely N-dealkylation sites (tertiary alicyclic amines) is 1. The third-order valence-electron chi connectivity index (χ3n) is 4.58. The minimum Gasteiger partial charge on any atom is -0.385 e. The van der Waals surface area contributed by atoms with E-state index < -0.39 is 0 Å². The molecule has 0 radical (unpaired) electrons. The number of rotatable bonds is 4. The summed E-state index contributed by atoms with van der Waals surface area (Å²) in [6, 6.07) is 8.15. The molecule has 2 aliphatic heterocycles. The molecule has 4 nitrogen and oxygen atoms in total. The monoisotopic (exact) mass is 287 g/mol. The van der Waals surface area contributed by atoms with Crippen molar-refractivity contribution in [3.05, 3.63) is 29.8 Å². The van der Waals surface area contributed by atoms with Crippen molar-refractivity contribution in [3.63, 3.8) is 0 Å². The van der Waals surface area contributed by atoms with Gasteiger partial charge in [0, 0.05) is 25.3 Å². The Morgan fingerprint density at radius 2 is 2.05 bits per heavy atom. The van der Waals surface area contributed by atoms with Crippen LogP contribution in [-0.4, -0.2) is 43.5 Å². The Labute approximate surface area is 126 Å². The van der Waals surface area contributed by atoms with E-state index in [1.54, 1.807) is 0 Å². The predicted molar refractivity (Wildman–Crippen MR) is 85.6 cm³/mol. The maximum Gasteiger partial charge on any atom is 0.227 e. The number of carbonyl (C=O) groups is 1. The highest BCUT2D eigenvalue weighted by molar-refractivity contribution is 5.86. The molecule has 0 bridgehead atoms. The molecule has 1 aromatic rings. The molecule has 114 valence electrons. The molecule has 1 atom stereocenters. The number of hydrogen-bond donors (Lipinski definition) is 2. The Balaban J connectivity index is 1.51. The van der Waals surface area contributed by atoms with Crippen LogP contribution in [0.5, 0.6) is 0 Å².